The third-order valence-electron chi connectivity index (χ3n) is 7.09. The Hall–Kier alpha value is -1.89. The van der Waals surface area contributed by atoms with Crippen molar-refractivity contribution in [1.29, 1.82) is 0 Å². The Morgan fingerprint density at radius 1 is 1.17 bits per heavy atom. The molecular formula is C23H37N5O2. The number of fused-ring (bicyclic) bond motifs is 5. The normalized spacial score (nSPS) is 33.3. The Balaban J connectivity index is 1.29. The first-order chi connectivity index (χ1) is 14.5. The number of nitrogens with one attached hydrogen (secondary N) is 2. The highest BCUT2D eigenvalue weighted by Gasteiger charge is 2.58. The van der Waals surface area contributed by atoms with E-state index in [1.807, 2.05) is 0 Å². The molecule has 2 amide bonds. The molecule has 4 aliphatic rings. The summed E-state index contributed by atoms with van der Waals surface area (Å²) in [5, 5.41) is 6.63. The highest BCUT2D eigenvalue weighted by Crippen LogP contribution is 2.52. The lowest BCUT2D eigenvalue weighted by molar-refractivity contribution is -0.140. The predicted molar refractivity (Wildman–Crippen MR) is 118 cm³/mol. The molecule has 2 aliphatic carbocycles. The van der Waals surface area contributed by atoms with Crippen LogP contribution in [0.25, 0.3) is 0 Å². The Morgan fingerprint density at radius 2 is 1.87 bits per heavy atom. The van der Waals surface area contributed by atoms with E-state index in [-0.39, 0.29) is 35.5 Å². The topological polar surface area (TPSA) is 77.0 Å². The summed E-state index contributed by atoms with van der Waals surface area (Å²) < 4.78 is 0. The second kappa shape index (κ2) is 9.08. The van der Waals surface area contributed by atoms with Crippen LogP contribution in [0.15, 0.2) is 17.1 Å². The smallest absolute Gasteiger partial charge is 0.233 e. The third-order valence-corrected chi connectivity index (χ3v) is 7.09. The lowest BCUT2D eigenvalue weighted by Gasteiger charge is -2.25. The van der Waals surface area contributed by atoms with Gasteiger partial charge < -0.3 is 10.6 Å². The molecular weight excluding hydrogens is 378 g/mol. The fraction of sp³-hybridized carbons (Fsp3) is 0.783. The van der Waals surface area contributed by atoms with Crippen LogP contribution in [0.5, 0.6) is 0 Å². The summed E-state index contributed by atoms with van der Waals surface area (Å²) >= 11 is 0. The monoisotopic (exact) mass is 415 g/mol. The summed E-state index contributed by atoms with van der Waals surface area (Å²) in [5.74, 6) is 1.83. The maximum atomic E-state index is 12.8. The molecule has 0 aromatic heterocycles. The van der Waals surface area contributed by atoms with Gasteiger partial charge in [-0.05, 0) is 50.5 Å². The van der Waals surface area contributed by atoms with E-state index in [0.717, 1.165) is 32.0 Å². The van der Waals surface area contributed by atoms with Crippen LogP contribution < -0.4 is 10.6 Å². The van der Waals surface area contributed by atoms with Crippen LogP contribution in [0.4, 0.5) is 0 Å². The molecule has 2 bridgehead atoms. The number of nitrogens with zero attached hydrogens (tertiary/aromatic N) is 3. The van der Waals surface area contributed by atoms with Crippen molar-refractivity contribution in [2.75, 3.05) is 39.3 Å². The fourth-order valence-electron chi connectivity index (χ4n) is 5.82. The molecule has 2 N–H and O–H groups in total. The van der Waals surface area contributed by atoms with Gasteiger partial charge in [0.05, 0.1) is 18.4 Å². The van der Waals surface area contributed by atoms with E-state index < -0.39 is 0 Å². The van der Waals surface area contributed by atoms with Crippen molar-refractivity contribution in [2.24, 2.45) is 34.6 Å². The largest absolute Gasteiger partial charge is 0.357 e. The molecule has 0 aromatic carbocycles. The molecule has 4 rings (SSSR count). The van der Waals surface area contributed by atoms with Crippen LogP contribution in [0.3, 0.4) is 0 Å². The predicted octanol–water partition coefficient (Wildman–Crippen LogP) is 1.47. The lowest BCUT2D eigenvalue weighted by Crippen LogP contribution is -2.44. The van der Waals surface area contributed by atoms with E-state index in [0.29, 0.717) is 25.0 Å². The number of carbonyl (C=O) groups excluding carboxylic acids is 2. The second-order valence-corrected chi connectivity index (χ2v) is 9.66. The van der Waals surface area contributed by atoms with E-state index in [1.165, 1.54) is 24.3 Å². The number of rotatable bonds is 8. The van der Waals surface area contributed by atoms with Crippen LogP contribution in [0.1, 0.15) is 40.0 Å². The minimum atomic E-state index is -0.108. The van der Waals surface area contributed by atoms with Gasteiger partial charge in [0.2, 0.25) is 11.8 Å². The minimum absolute atomic E-state index is 0.0286. The van der Waals surface area contributed by atoms with Gasteiger partial charge in [0.25, 0.3) is 0 Å². The standard InChI is InChI=1S/C23H37N5O2/c1-4-24-23(26-13-18-6-5-10-27(18)14-15(2)3)25-9-11-28-21(29)19-16-7-8-17(12-16)20(19)22(28)30/h7-8,15-20H,4-6,9-14H2,1-3H3,(H2,24,25,26)/t16?,17?,18-,19?,20?/m1/s1. The molecule has 7 nitrogen and oxygen atoms in total. The zero-order chi connectivity index (χ0) is 21.3. The van der Waals surface area contributed by atoms with Gasteiger partial charge in [-0.3, -0.25) is 24.4 Å². The van der Waals surface area contributed by atoms with E-state index in [1.54, 1.807) is 0 Å². The zero-order valence-corrected chi connectivity index (χ0v) is 18.6. The minimum Gasteiger partial charge on any atom is -0.357 e. The molecule has 0 radical (unpaired) electrons. The average molecular weight is 416 g/mol. The SMILES string of the molecule is CCNC(=NC[C@H]1CCCN1CC(C)C)NCCN1C(=O)C2C3C=CC(C3)C2C1=O. The zero-order valence-electron chi connectivity index (χ0n) is 18.6. The molecule has 7 heteroatoms. The number of aliphatic imine (C=N–C) groups is 1. The van der Waals surface area contributed by atoms with Crippen molar-refractivity contribution >= 4 is 17.8 Å². The van der Waals surface area contributed by atoms with Gasteiger partial charge in [0.15, 0.2) is 5.96 Å². The molecule has 30 heavy (non-hydrogen) atoms. The Bertz CT molecular complexity index is 688. The van der Waals surface area contributed by atoms with Gasteiger partial charge in [0.1, 0.15) is 0 Å². The molecule has 3 fully saturated rings. The van der Waals surface area contributed by atoms with Crippen molar-refractivity contribution in [3.63, 3.8) is 0 Å². The van der Waals surface area contributed by atoms with Gasteiger partial charge >= 0.3 is 0 Å². The van der Waals surface area contributed by atoms with Crippen molar-refractivity contribution in [2.45, 2.75) is 46.1 Å². The summed E-state index contributed by atoms with van der Waals surface area (Å²) in [6.07, 6.45) is 7.70. The first-order valence-electron chi connectivity index (χ1n) is 11.8. The summed E-state index contributed by atoms with van der Waals surface area (Å²) in [4.78, 5) is 34.5. The van der Waals surface area contributed by atoms with E-state index >= 15 is 0 Å². The number of imide groups is 1. The number of amides is 2. The van der Waals surface area contributed by atoms with Crippen LogP contribution in [0, 0.1) is 29.6 Å². The van der Waals surface area contributed by atoms with Crippen molar-refractivity contribution in [3.05, 3.63) is 12.2 Å². The fourth-order valence-corrected chi connectivity index (χ4v) is 5.82. The van der Waals surface area contributed by atoms with Crippen molar-refractivity contribution in [3.8, 4) is 0 Å². The molecule has 4 unspecified atom stereocenters. The maximum absolute atomic E-state index is 12.8. The highest BCUT2D eigenvalue weighted by molar-refractivity contribution is 6.06. The second-order valence-electron chi connectivity index (χ2n) is 9.66. The van der Waals surface area contributed by atoms with Gasteiger partial charge in [-0.15, -0.1) is 0 Å². The van der Waals surface area contributed by atoms with E-state index in [2.05, 4.69) is 48.5 Å². The maximum Gasteiger partial charge on any atom is 0.233 e. The van der Waals surface area contributed by atoms with Crippen LogP contribution >= 0.6 is 0 Å². The van der Waals surface area contributed by atoms with Gasteiger partial charge in [-0.1, -0.05) is 26.0 Å². The van der Waals surface area contributed by atoms with Gasteiger partial charge in [0, 0.05) is 32.2 Å². The molecule has 2 heterocycles. The number of guanidine groups is 1. The molecule has 166 valence electrons. The Morgan fingerprint density at radius 3 is 2.50 bits per heavy atom. The molecule has 2 aliphatic heterocycles. The van der Waals surface area contributed by atoms with Crippen LogP contribution in [-0.2, 0) is 9.59 Å². The third kappa shape index (κ3) is 4.13. The quantitative estimate of drug-likeness (QED) is 0.272. The van der Waals surface area contributed by atoms with Crippen LogP contribution in [0.2, 0.25) is 0 Å². The number of allylic oxidation sites excluding steroid dienone is 2. The van der Waals surface area contributed by atoms with Crippen molar-refractivity contribution < 1.29 is 9.59 Å². The average Bonchev–Trinajstić information content (AvgIpc) is 3.47. The number of hydrogen-bond acceptors (Lipinski definition) is 4. The number of hydrogen-bond donors (Lipinski definition) is 2. The van der Waals surface area contributed by atoms with Gasteiger partial charge in [-0.25, -0.2) is 0 Å². The molecule has 2 saturated heterocycles. The molecule has 0 aromatic rings. The Kier molecular flexibility index (Phi) is 6.46. The summed E-state index contributed by atoms with van der Waals surface area (Å²) in [6, 6.07) is 0.506. The Labute approximate surface area is 180 Å². The summed E-state index contributed by atoms with van der Waals surface area (Å²) in [6.45, 7) is 11.4. The first-order valence-corrected chi connectivity index (χ1v) is 11.8. The number of likely N-dealkylation sites (tertiary alicyclic amines) is 2. The van der Waals surface area contributed by atoms with Crippen molar-refractivity contribution in [1.82, 2.24) is 20.4 Å². The molecule has 0 spiro atoms. The van der Waals surface area contributed by atoms with Gasteiger partial charge in [-0.2, -0.15) is 0 Å². The number of carbonyl (C=O) groups is 2. The molecule has 1 saturated carbocycles. The van der Waals surface area contributed by atoms with E-state index in [4.69, 9.17) is 4.99 Å². The first kappa shape index (κ1) is 21.3. The summed E-state index contributed by atoms with van der Waals surface area (Å²) in [7, 11) is 0. The highest BCUT2D eigenvalue weighted by atomic mass is 16.2. The molecule has 5 atom stereocenters. The van der Waals surface area contributed by atoms with E-state index in [9.17, 15) is 9.59 Å². The van der Waals surface area contributed by atoms with Crippen LogP contribution in [-0.4, -0.2) is 72.9 Å². The lowest BCUT2D eigenvalue weighted by atomic mass is 9.85. The summed E-state index contributed by atoms with van der Waals surface area (Å²) in [5.41, 5.74) is 0.